The molecular formula is C39H51F3N6O10. The number of nitro groups is 1. The topological polar surface area (TPSA) is 186 Å². The number of carbonyl (C=O) groups is 3. The normalized spacial score (nSPS) is 16.6. The summed E-state index contributed by atoms with van der Waals surface area (Å²) in [6.07, 6.45) is -5.85. The van der Waals surface area contributed by atoms with Crippen LogP contribution in [0.25, 0.3) is 0 Å². The Morgan fingerprint density at radius 2 is 1.62 bits per heavy atom. The highest BCUT2D eigenvalue weighted by Crippen LogP contribution is 2.40. The van der Waals surface area contributed by atoms with Crippen LogP contribution in [0.2, 0.25) is 0 Å². The Balaban J connectivity index is 1.52. The molecule has 318 valence electrons. The van der Waals surface area contributed by atoms with Crippen molar-refractivity contribution >= 4 is 35.5 Å². The molecular weight excluding hydrogens is 769 g/mol. The summed E-state index contributed by atoms with van der Waals surface area (Å²) in [7, 11) is 0. The van der Waals surface area contributed by atoms with Gasteiger partial charge in [0.1, 0.15) is 34.9 Å². The lowest BCUT2D eigenvalue weighted by Crippen LogP contribution is -2.47. The molecule has 1 N–H and O–H groups in total. The number of hydrogen-bond acceptors (Lipinski definition) is 12. The number of non-ortho nitro benzene ring substituents is 1. The van der Waals surface area contributed by atoms with Gasteiger partial charge < -0.3 is 29.0 Å². The van der Waals surface area contributed by atoms with Gasteiger partial charge in [0.05, 0.1) is 28.5 Å². The molecule has 0 saturated heterocycles. The van der Waals surface area contributed by atoms with E-state index in [4.69, 9.17) is 28.8 Å². The van der Waals surface area contributed by atoms with Crippen LogP contribution in [0, 0.1) is 10.1 Å². The number of amides is 2. The summed E-state index contributed by atoms with van der Waals surface area (Å²) in [5.74, 6) is 0.278. The van der Waals surface area contributed by atoms with Gasteiger partial charge in [-0.1, -0.05) is 0 Å². The van der Waals surface area contributed by atoms with Gasteiger partial charge in [0.25, 0.3) is 5.69 Å². The third kappa shape index (κ3) is 13.2. The lowest BCUT2D eigenvalue weighted by Gasteiger charge is -2.30. The van der Waals surface area contributed by atoms with Crippen molar-refractivity contribution in [3.05, 3.63) is 64.5 Å². The van der Waals surface area contributed by atoms with E-state index in [1.165, 1.54) is 41.4 Å². The minimum atomic E-state index is -4.73. The molecule has 16 nitrogen and oxygen atoms in total. The van der Waals surface area contributed by atoms with Gasteiger partial charge in [0.15, 0.2) is 0 Å². The summed E-state index contributed by atoms with van der Waals surface area (Å²) in [6.45, 7) is 15.3. The molecule has 3 atom stereocenters. The minimum Gasteiger partial charge on any atom is -0.478 e. The first-order valence-electron chi connectivity index (χ1n) is 18.7. The standard InChI is InChI=1S/C39H51F3N6O10/c1-36(2,3)47-32(23-29(45-47)24-12-15-28(21-24)56-35(51)55-27-16-13-25(14-17-27)48(52)53)46(34(50)58-38(7,8)9)26-18-19-43-31(22-26)54-20-10-11-30(39(40,41)42)44-33(49)57-37(4,5)6/h13-14,16-19,22-24,28,30H,10-12,15,20-21H2,1-9H3,(H,44,49)/t24-,28+,30-/m0/s1. The fraction of sp³-hybridized carbons (Fsp3) is 0.564. The van der Waals surface area contributed by atoms with E-state index in [1.807, 2.05) is 26.1 Å². The van der Waals surface area contributed by atoms with Crippen LogP contribution in [0.4, 0.5) is 44.7 Å². The van der Waals surface area contributed by atoms with E-state index in [0.717, 1.165) is 0 Å². The highest BCUT2D eigenvalue weighted by molar-refractivity contribution is 5.95. The molecule has 1 saturated carbocycles. The summed E-state index contributed by atoms with van der Waals surface area (Å²) in [5.41, 5.74) is -1.80. The molecule has 0 bridgehead atoms. The smallest absolute Gasteiger partial charge is 0.478 e. The average molecular weight is 821 g/mol. The Morgan fingerprint density at radius 1 is 0.966 bits per heavy atom. The van der Waals surface area contributed by atoms with Crippen LogP contribution in [0.3, 0.4) is 0 Å². The van der Waals surface area contributed by atoms with Gasteiger partial charge in [-0.25, -0.2) is 28.9 Å². The SMILES string of the molecule is CC(C)(C)OC(=O)N[C@@H](CCCOc1cc(N(C(=O)OC(C)(C)C)c2cc([C@H]3CC[C@@H](OC(=O)Oc4ccc([N+](=O)[O-])cc4)C3)nn2C(C)(C)C)ccn1)C(F)(F)F. The van der Waals surface area contributed by atoms with E-state index < -0.39 is 64.7 Å². The lowest BCUT2D eigenvalue weighted by atomic mass is 10.0. The van der Waals surface area contributed by atoms with E-state index in [-0.39, 0.29) is 41.9 Å². The van der Waals surface area contributed by atoms with Crippen molar-refractivity contribution in [3.63, 3.8) is 0 Å². The molecule has 0 aliphatic heterocycles. The number of alkyl carbamates (subject to hydrolysis) is 1. The summed E-state index contributed by atoms with van der Waals surface area (Å²) in [4.78, 5) is 54.5. The highest BCUT2D eigenvalue weighted by Gasteiger charge is 2.41. The predicted molar refractivity (Wildman–Crippen MR) is 204 cm³/mol. The first-order chi connectivity index (χ1) is 26.8. The van der Waals surface area contributed by atoms with Crippen LogP contribution >= 0.6 is 0 Å². The van der Waals surface area contributed by atoms with Crippen LogP contribution in [-0.4, -0.2) is 74.2 Å². The second-order valence-electron chi connectivity index (χ2n) is 16.8. The maximum atomic E-state index is 14.0. The third-order valence-corrected chi connectivity index (χ3v) is 8.41. The zero-order chi connectivity index (χ0) is 43.2. The number of hydrogen-bond donors (Lipinski definition) is 1. The van der Waals surface area contributed by atoms with Crippen LogP contribution in [-0.2, 0) is 19.7 Å². The first-order valence-corrected chi connectivity index (χ1v) is 18.7. The van der Waals surface area contributed by atoms with E-state index in [0.29, 0.717) is 30.8 Å². The Hall–Kier alpha value is -5.62. The Morgan fingerprint density at radius 3 is 2.21 bits per heavy atom. The van der Waals surface area contributed by atoms with Gasteiger partial charge in [-0.2, -0.15) is 18.3 Å². The number of aromatic nitrogens is 3. The van der Waals surface area contributed by atoms with Gasteiger partial charge >= 0.3 is 24.5 Å². The molecule has 2 amide bonds. The molecule has 1 aliphatic rings. The van der Waals surface area contributed by atoms with Crippen LogP contribution < -0.4 is 19.7 Å². The molecule has 58 heavy (non-hydrogen) atoms. The minimum absolute atomic E-state index is 0.0214. The molecule has 1 fully saturated rings. The largest absolute Gasteiger partial charge is 0.514 e. The van der Waals surface area contributed by atoms with E-state index in [9.17, 15) is 37.7 Å². The number of carbonyl (C=O) groups excluding carboxylic acids is 3. The molecule has 0 radical (unpaired) electrons. The van der Waals surface area contributed by atoms with Crippen molar-refractivity contribution in [2.24, 2.45) is 0 Å². The van der Waals surface area contributed by atoms with E-state index in [1.54, 1.807) is 58.4 Å². The quantitative estimate of drug-likeness (QED) is 0.0456. The molecule has 1 aromatic carbocycles. The van der Waals surface area contributed by atoms with Gasteiger partial charge in [-0.15, -0.1) is 0 Å². The summed E-state index contributed by atoms with van der Waals surface area (Å²) < 4.78 is 70.2. The number of nitrogens with zero attached hydrogens (tertiary/aromatic N) is 5. The summed E-state index contributed by atoms with van der Waals surface area (Å²) >= 11 is 0. The van der Waals surface area contributed by atoms with Crippen LogP contribution in [0.1, 0.15) is 106 Å². The third-order valence-electron chi connectivity index (χ3n) is 8.41. The van der Waals surface area contributed by atoms with Crippen molar-refractivity contribution < 1.29 is 56.2 Å². The summed E-state index contributed by atoms with van der Waals surface area (Å²) in [5, 5.41) is 17.7. The summed E-state index contributed by atoms with van der Waals surface area (Å²) in [6, 6.07) is 7.62. The van der Waals surface area contributed by atoms with Crippen molar-refractivity contribution in [3.8, 4) is 11.6 Å². The number of benzene rings is 1. The lowest BCUT2D eigenvalue weighted by molar-refractivity contribution is -0.384. The zero-order valence-electron chi connectivity index (χ0n) is 34.0. The maximum absolute atomic E-state index is 14.0. The number of alkyl halides is 3. The van der Waals surface area contributed by atoms with Gasteiger partial charge in [-0.05, 0) is 113 Å². The number of anilines is 2. The number of nitrogens with one attached hydrogen (secondary N) is 1. The predicted octanol–water partition coefficient (Wildman–Crippen LogP) is 9.48. The molecule has 2 heterocycles. The second-order valence-corrected chi connectivity index (χ2v) is 16.8. The first kappa shape index (κ1) is 45.1. The van der Waals surface area contributed by atoms with E-state index >= 15 is 0 Å². The Labute approximate surface area is 334 Å². The monoisotopic (exact) mass is 820 g/mol. The maximum Gasteiger partial charge on any atom is 0.514 e. The molecule has 2 aromatic heterocycles. The fourth-order valence-electron chi connectivity index (χ4n) is 5.94. The average Bonchev–Trinajstić information content (AvgIpc) is 3.72. The van der Waals surface area contributed by atoms with Crippen molar-refractivity contribution in [2.45, 2.75) is 135 Å². The van der Waals surface area contributed by atoms with Gasteiger partial charge in [0, 0.05) is 36.4 Å². The molecule has 1 aliphatic carbocycles. The number of rotatable bonds is 12. The van der Waals surface area contributed by atoms with Crippen molar-refractivity contribution in [2.75, 3.05) is 11.5 Å². The second kappa shape index (κ2) is 17.9. The number of ether oxygens (including phenoxy) is 5. The number of pyridine rings is 1. The molecule has 0 unspecified atom stereocenters. The molecule has 3 aromatic rings. The molecule has 4 rings (SSSR count). The zero-order valence-corrected chi connectivity index (χ0v) is 34.0. The fourth-order valence-corrected chi connectivity index (χ4v) is 5.94. The number of halogens is 3. The van der Waals surface area contributed by atoms with Crippen LogP contribution in [0.15, 0.2) is 48.7 Å². The van der Waals surface area contributed by atoms with E-state index in [2.05, 4.69) is 4.98 Å². The molecule has 19 heteroatoms. The highest BCUT2D eigenvalue weighted by atomic mass is 19.4. The number of nitro benzene ring substituents is 1. The van der Waals surface area contributed by atoms with Crippen LogP contribution in [0.5, 0.6) is 11.6 Å². The Kier molecular flexibility index (Phi) is 13.9. The molecule has 0 spiro atoms. The van der Waals surface area contributed by atoms with Crippen molar-refractivity contribution in [1.29, 1.82) is 0 Å². The Bertz CT molecular complexity index is 1920. The van der Waals surface area contributed by atoms with Gasteiger partial charge in [-0.3, -0.25) is 10.1 Å². The van der Waals surface area contributed by atoms with Gasteiger partial charge in [0.2, 0.25) is 5.88 Å². The van der Waals surface area contributed by atoms with Crippen molar-refractivity contribution in [1.82, 2.24) is 20.1 Å².